The molecule has 0 fully saturated rings. The summed E-state index contributed by atoms with van der Waals surface area (Å²) in [6.07, 6.45) is 3.47. The van der Waals surface area contributed by atoms with E-state index in [4.69, 9.17) is 21.3 Å². The summed E-state index contributed by atoms with van der Waals surface area (Å²) >= 11 is 6.61. The van der Waals surface area contributed by atoms with Crippen LogP contribution in [-0.2, 0) is 13.2 Å². The highest BCUT2D eigenvalue weighted by atomic mass is 35.5. The standard InChI is InChI=1S/C28H28ClN5O3/c1-6-16(2)26(30-5)20-12-17(3)32-27-19(20)8-7-9-24(27)37-15-21-22(29)13-18(4)31-23(21)14-34-11-10-25(35)33-28(34)36/h6-13H,14-15H2,1-5H3,(H,33,35,36)/b16-6-,30-26?. The third-order valence-corrected chi connectivity index (χ3v) is 6.43. The van der Waals surface area contributed by atoms with Gasteiger partial charge in [0.2, 0.25) is 0 Å². The molecule has 37 heavy (non-hydrogen) atoms. The molecule has 0 atom stereocenters. The van der Waals surface area contributed by atoms with Crippen LogP contribution in [0.5, 0.6) is 5.75 Å². The maximum Gasteiger partial charge on any atom is 0.328 e. The molecule has 3 aromatic heterocycles. The predicted octanol–water partition coefficient (Wildman–Crippen LogP) is 4.76. The van der Waals surface area contributed by atoms with Crippen LogP contribution in [0.3, 0.4) is 0 Å². The third-order valence-electron chi connectivity index (χ3n) is 6.09. The van der Waals surface area contributed by atoms with Gasteiger partial charge in [-0.25, -0.2) is 9.78 Å². The molecule has 1 aromatic carbocycles. The summed E-state index contributed by atoms with van der Waals surface area (Å²) in [5.74, 6) is 0.597. The molecular formula is C28H28ClN5O3. The first-order valence-electron chi connectivity index (χ1n) is 11.8. The van der Waals surface area contributed by atoms with E-state index >= 15 is 0 Å². The predicted molar refractivity (Wildman–Crippen MR) is 147 cm³/mol. The van der Waals surface area contributed by atoms with Crippen molar-refractivity contribution in [1.82, 2.24) is 19.5 Å². The number of fused-ring (bicyclic) bond motifs is 1. The fourth-order valence-electron chi connectivity index (χ4n) is 4.19. The van der Waals surface area contributed by atoms with E-state index in [0.29, 0.717) is 27.7 Å². The molecule has 0 spiro atoms. The first-order chi connectivity index (χ1) is 17.7. The molecule has 3 heterocycles. The molecule has 4 rings (SSSR count). The summed E-state index contributed by atoms with van der Waals surface area (Å²) < 4.78 is 7.65. The molecule has 0 unspecified atom stereocenters. The van der Waals surface area contributed by atoms with Gasteiger partial charge in [-0.05, 0) is 51.5 Å². The lowest BCUT2D eigenvalue weighted by molar-refractivity contribution is 0.307. The summed E-state index contributed by atoms with van der Waals surface area (Å²) in [5, 5.41) is 1.41. The number of benzene rings is 1. The van der Waals surface area contributed by atoms with Crippen LogP contribution in [-0.4, -0.2) is 32.3 Å². The molecular weight excluding hydrogens is 490 g/mol. The van der Waals surface area contributed by atoms with Crippen molar-refractivity contribution in [3.05, 3.63) is 108 Å². The maximum atomic E-state index is 12.3. The van der Waals surface area contributed by atoms with Gasteiger partial charge in [0.15, 0.2) is 0 Å². The first-order valence-corrected chi connectivity index (χ1v) is 12.2. The highest BCUT2D eigenvalue weighted by molar-refractivity contribution is 6.31. The fourth-order valence-corrected chi connectivity index (χ4v) is 4.51. The second kappa shape index (κ2) is 10.9. The van der Waals surface area contributed by atoms with E-state index in [1.165, 1.54) is 16.8 Å². The quantitative estimate of drug-likeness (QED) is 0.356. The van der Waals surface area contributed by atoms with Gasteiger partial charge in [0, 0.05) is 47.2 Å². The smallest absolute Gasteiger partial charge is 0.328 e. The zero-order chi connectivity index (χ0) is 26.7. The Balaban J connectivity index is 1.74. The van der Waals surface area contributed by atoms with E-state index in [1.54, 1.807) is 13.1 Å². The van der Waals surface area contributed by atoms with Gasteiger partial charge in [0.1, 0.15) is 17.9 Å². The van der Waals surface area contributed by atoms with Crippen molar-refractivity contribution < 1.29 is 4.74 Å². The van der Waals surface area contributed by atoms with Crippen molar-refractivity contribution in [2.24, 2.45) is 4.99 Å². The summed E-state index contributed by atoms with van der Waals surface area (Å²) in [7, 11) is 1.78. The molecule has 8 nitrogen and oxygen atoms in total. The molecule has 9 heteroatoms. The van der Waals surface area contributed by atoms with Crippen LogP contribution in [0, 0.1) is 13.8 Å². The molecule has 0 aliphatic rings. The molecule has 0 radical (unpaired) electrons. The van der Waals surface area contributed by atoms with Gasteiger partial charge in [-0.2, -0.15) is 0 Å². The van der Waals surface area contributed by atoms with Crippen molar-refractivity contribution in [1.29, 1.82) is 0 Å². The number of rotatable bonds is 7. The first kappa shape index (κ1) is 26.0. The number of hydrogen-bond acceptors (Lipinski definition) is 6. The van der Waals surface area contributed by atoms with Crippen LogP contribution < -0.4 is 16.0 Å². The van der Waals surface area contributed by atoms with E-state index in [0.717, 1.165) is 33.4 Å². The SMILES string of the molecule is C/C=C(/C)C(=NC)c1cc(C)nc2c(OCc3c(Cl)cc(C)nc3Cn3ccc(=O)[nH]c3=O)cccc12. The van der Waals surface area contributed by atoms with Gasteiger partial charge < -0.3 is 4.74 Å². The van der Waals surface area contributed by atoms with E-state index in [2.05, 4.69) is 15.0 Å². The number of aromatic nitrogens is 4. The number of ether oxygens (including phenoxy) is 1. The van der Waals surface area contributed by atoms with E-state index in [1.807, 2.05) is 58.0 Å². The van der Waals surface area contributed by atoms with Crippen molar-refractivity contribution in [3.8, 4) is 5.75 Å². The van der Waals surface area contributed by atoms with E-state index < -0.39 is 11.2 Å². The van der Waals surface area contributed by atoms with Gasteiger partial charge in [0.05, 0.1) is 23.0 Å². The lowest BCUT2D eigenvalue weighted by atomic mass is 9.98. The number of halogens is 1. The number of para-hydroxylation sites is 1. The van der Waals surface area contributed by atoms with Crippen molar-refractivity contribution in [2.75, 3.05) is 7.05 Å². The number of hydrogen-bond donors (Lipinski definition) is 1. The molecule has 0 saturated carbocycles. The maximum absolute atomic E-state index is 12.3. The number of nitrogens with zero attached hydrogens (tertiary/aromatic N) is 4. The largest absolute Gasteiger partial charge is 0.486 e. The van der Waals surface area contributed by atoms with Crippen molar-refractivity contribution >= 4 is 28.2 Å². The number of pyridine rings is 2. The summed E-state index contributed by atoms with van der Waals surface area (Å²) in [5.41, 5.74) is 5.47. The van der Waals surface area contributed by atoms with E-state index in [9.17, 15) is 9.59 Å². The molecule has 0 amide bonds. The Morgan fingerprint density at radius 3 is 2.62 bits per heavy atom. The zero-order valence-corrected chi connectivity index (χ0v) is 22.2. The van der Waals surface area contributed by atoms with Gasteiger partial charge in [0.25, 0.3) is 5.56 Å². The lowest BCUT2D eigenvalue weighted by Gasteiger charge is -2.16. The normalized spacial score (nSPS) is 12.3. The Morgan fingerprint density at radius 1 is 1.16 bits per heavy atom. The minimum absolute atomic E-state index is 0.117. The van der Waals surface area contributed by atoms with Crippen LogP contribution >= 0.6 is 11.6 Å². The minimum Gasteiger partial charge on any atom is -0.486 e. The van der Waals surface area contributed by atoms with Crippen molar-refractivity contribution in [2.45, 2.75) is 40.8 Å². The van der Waals surface area contributed by atoms with Gasteiger partial charge >= 0.3 is 5.69 Å². The van der Waals surface area contributed by atoms with Crippen LogP contribution in [0.25, 0.3) is 10.9 Å². The monoisotopic (exact) mass is 517 g/mol. The molecule has 1 N–H and O–H groups in total. The number of aryl methyl sites for hydroxylation is 2. The number of H-pyrrole nitrogens is 1. The Kier molecular flexibility index (Phi) is 7.69. The lowest BCUT2D eigenvalue weighted by Crippen LogP contribution is -2.29. The number of aromatic amines is 1. The van der Waals surface area contributed by atoms with Crippen molar-refractivity contribution in [3.63, 3.8) is 0 Å². The third kappa shape index (κ3) is 5.54. The summed E-state index contributed by atoms with van der Waals surface area (Å²) in [6.45, 7) is 8.04. The van der Waals surface area contributed by atoms with Gasteiger partial charge in [-0.15, -0.1) is 0 Å². The van der Waals surface area contributed by atoms with Crippen LogP contribution in [0.1, 0.15) is 42.1 Å². The molecule has 0 bridgehead atoms. The molecule has 190 valence electrons. The topological polar surface area (TPSA) is 102 Å². The van der Waals surface area contributed by atoms with Gasteiger partial charge in [-0.3, -0.25) is 24.3 Å². The Hall–Kier alpha value is -4.04. The average molecular weight is 518 g/mol. The number of allylic oxidation sites excluding steroid dienone is 2. The molecule has 0 saturated heterocycles. The van der Waals surface area contributed by atoms with Gasteiger partial charge in [-0.1, -0.05) is 29.8 Å². The summed E-state index contributed by atoms with van der Waals surface area (Å²) in [6, 6.07) is 10.9. The number of nitrogens with one attached hydrogen (secondary N) is 1. The highest BCUT2D eigenvalue weighted by Crippen LogP contribution is 2.30. The zero-order valence-electron chi connectivity index (χ0n) is 21.4. The second-order valence-corrected chi connectivity index (χ2v) is 9.11. The van der Waals surface area contributed by atoms with E-state index in [-0.39, 0.29) is 13.2 Å². The Morgan fingerprint density at radius 2 is 1.92 bits per heavy atom. The van der Waals surface area contributed by atoms with Crippen LogP contribution in [0.2, 0.25) is 5.02 Å². The number of aliphatic imine (C=N–C) groups is 1. The highest BCUT2D eigenvalue weighted by Gasteiger charge is 2.17. The van der Waals surface area contributed by atoms with Crippen LogP contribution in [0.4, 0.5) is 0 Å². The summed E-state index contributed by atoms with van der Waals surface area (Å²) in [4.78, 5) is 39.9. The molecule has 0 aliphatic heterocycles. The average Bonchev–Trinajstić information content (AvgIpc) is 2.85. The fraction of sp³-hybridized carbons (Fsp3) is 0.250. The van der Waals surface area contributed by atoms with Crippen LogP contribution in [0.15, 0.2) is 68.8 Å². The second-order valence-electron chi connectivity index (χ2n) is 8.70. The molecule has 0 aliphatic carbocycles. The molecule has 4 aromatic rings. The minimum atomic E-state index is -0.523. The Bertz CT molecular complexity index is 1670. The Labute approximate surface area is 219 Å².